The minimum atomic E-state index is -1.11. The number of nitrogens with two attached hydrogens (primary N) is 1. The lowest BCUT2D eigenvalue weighted by Crippen LogP contribution is -2.16. The van der Waals surface area contributed by atoms with Crippen molar-refractivity contribution in [2.75, 3.05) is 19.0 Å². The SMILES string of the molecule is COc1ccc(NC(=O)CCC(C)CCN)c(C(=O)O)c1. The molecule has 0 aliphatic rings. The maximum Gasteiger partial charge on any atom is 0.337 e. The molecule has 0 bridgehead atoms. The van der Waals surface area contributed by atoms with E-state index in [1.807, 2.05) is 6.92 Å². The molecule has 1 aromatic rings. The molecule has 0 saturated carbocycles. The fraction of sp³-hybridized carbons (Fsp3) is 0.467. The highest BCUT2D eigenvalue weighted by molar-refractivity contribution is 6.00. The van der Waals surface area contributed by atoms with E-state index in [1.54, 1.807) is 6.07 Å². The van der Waals surface area contributed by atoms with E-state index in [0.717, 1.165) is 12.8 Å². The number of anilines is 1. The molecule has 1 unspecified atom stereocenters. The third kappa shape index (κ3) is 5.43. The van der Waals surface area contributed by atoms with E-state index < -0.39 is 5.97 Å². The number of rotatable bonds is 8. The van der Waals surface area contributed by atoms with Crippen molar-refractivity contribution < 1.29 is 19.4 Å². The van der Waals surface area contributed by atoms with Crippen LogP contribution in [0.2, 0.25) is 0 Å². The van der Waals surface area contributed by atoms with Crippen molar-refractivity contribution in [3.63, 3.8) is 0 Å². The first kappa shape index (κ1) is 17.0. The molecule has 0 radical (unpaired) electrons. The van der Waals surface area contributed by atoms with Crippen LogP contribution in [-0.4, -0.2) is 30.6 Å². The van der Waals surface area contributed by atoms with Gasteiger partial charge in [-0.25, -0.2) is 4.79 Å². The van der Waals surface area contributed by atoms with Crippen LogP contribution in [0.5, 0.6) is 5.75 Å². The van der Waals surface area contributed by atoms with Crippen LogP contribution < -0.4 is 15.8 Å². The van der Waals surface area contributed by atoms with Gasteiger partial charge >= 0.3 is 5.97 Å². The average molecular weight is 294 g/mol. The summed E-state index contributed by atoms with van der Waals surface area (Å²) in [5, 5.41) is 11.8. The Balaban J connectivity index is 2.69. The zero-order valence-corrected chi connectivity index (χ0v) is 12.4. The first-order valence-corrected chi connectivity index (χ1v) is 6.89. The van der Waals surface area contributed by atoms with E-state index >= 15 is 0 Å². The van der Waals surface area contributed by atoms with E-state index in [0.29, 0.717) is 24.6 Å². The normalized spacial score (nSPS) is 11.8. The Morgan fingerprint density at radius 1 is 1.38 bits per heavy atom. The van der Waals surface area contributed by atoms with Crippen LogP contribution in [0.3, 0.4) is 0 Å². The first-order valence-electron chi connectivity index (χ1n) is 6.89. The second-order valence-electron chi connectivity index (χ2n) is 4.99. The van der Waals surface area contributed by atoms with Crippen LogP contribution in [0.4, 0.5) is 5.69 Å². The van der Waals surface area contributed by atoms with Crippen LogP contribution in [0.15, 0.2) is 18.2 Å². The molecule has 0 aliphatic heterocycles. The molecular formula is C15H22N2O4. The van der Waals surface area contributed by atoms with Crippen molar-refractivity contribution in [3.05, 3.63) is 23.8 Å². The monoisotopic (exact) mass is 294 g/mol. The Bertz CT molecular complexity index is 502. The number of aromatic carboxylic acids is 1. The number of hydrogen-bond donors (Lipinski definition) is 3. The molecule has 1 atom stereocenters. The molecule has 4 N–H and O–H groups in total. The number of ether oxygens (including phenoxy) is 1. The molecule has 1 amide bonds. The number of methoxy groups -OCH3 is 1. The largest absolute Gasteiger partial charge is 0.497 e. The standard InChI is InChI=1S/C15H22N2O4/c1-10(7-8-16)3-6-14(18)17-13-5-4-11(21-2)9-12(13)15(19)20/h4-5,9-10H,3,6-8,16H2,1-2H3,(H,17,18)(H,19,20). The van der Waals surface area contributed by atoms with Crippen molar-refractivity contribution in [2.45, 2.75) is 26.2 Å². The Kier molecular flexibility index (Phi) is 6.68. The minimum Gasteiger partial charge on any atom is -0.497 e. The lowest BCUT2D eigenvalue weighted by atomic mass is 10.0. The van der Waals surface area contributed by atoms with Crippen LogP contribution in [0.1, 0.15) is 36.5 Å². The van der Waals surface area contributed by atoms with Gasteiger partial charge in [0.2, 0.25) is 5.91 Å². The number of benzene rings is 1. The van der Waals surface area contributed by atoms with Gasteiger partial charge in [0.25, 0.3) is 0 Å². The number of carboxylic acid groups (broad SMARTS) is 1. The second kappa shape index (κ2) is 8.26. The molecule has 0 heterocycles. The predicted octanol–water partition coefficient (Wildman–Crippen LogP) is 2.10. The average Bonchev–Trinajstić information content (AvgIpc) is 2.45. The van der Waals surface area contributed by atoms with Gasteiger partial charge < -0.3 is 20.9 Å². The van der Waals surface area contributed by atoms with Crippen LogP contribution >= 0.6 is 0 Å². The predicted molar refractivity (Wildman–Crippen MR) is 80.7 cm³/mol. The van der Waals surface area contributed by atoms with Crippen molar-refractivity contribution in [2.24, 2.45) is 11.7 Å². The zero-order valence-electron chi connectivity index (χ0n) is 12.4. The third-order valence-electron chi connectivity index (χ3n) is 3.25. The van der Waals surface area contributed by atoms with Gasteiger partial charge in [-0.05, 0) is 43.5 Å². The highest BCUT2D eigenvalue weighted by atomic mass is 16.5. The van der Waals surface area contributed by atoms with E-state index in [1.165, 1.54) is 19.2 Å². The number of carboxylic acids is 1. The van der Waals surface area contributed by atoms with Gasteiger partial charge in [0.05, 0.1) is 18.4 Å². The van der Waals surface area contributed by atoms with E-state index in [4.69, 9.17) is 15.6 Å². The summed E-state index contributed by atoms with van der Waals surface area (Å²) in [6.07, 6.45) is 1.93. The van der Waals surface area contributed by atoms with Gasteiger partial charge in [-0.1, -0.05) is 6.92 Å². The summed E-state index contributed by atoms with van der Waals surface area (Å²) in [6, 6.07) is 4.53. The molecule has 0 fully saturated rings. The number of hydrogen-bond acceptors (Lipinski definition) is 4. The quantitative estimate of drug-likeness (QED) is 0.681. The maximum atomic E-state index is 11.9. The van der Waals surface area contributed by atoms with E-state index in [9.17, 15) is 9.59 Å². The molecule has 0 saturated heterocycles. The molecule has 116 valence electrons. The zero-order chi connectivity index (χ0) is 15.8. The number of amides is 1. The van der Waals surface area contributed by atoms with Crippen molar-refractivity contribution in [1.82, 2.24) is 0 Å². The second-order valence-corrected chi connectivity index (χ2v) is 4.99. The van der Waals surface area contributed by atoms with E-state index in [2.05, 4.69) is 5.32 Å². The third-order valence-corrected chi connectivity index (χ3v) is 3.25. The molecule has 0 aliphatic carbocycles. The number of carbonyl (C=O) groups is 2. The summed E-state index contributed by atoms with van der Waals surface area (Å²) in [6.45, 7) is 2.64. The molecule has 1 aromatic carbocycles. The smallest absolute Gasteiger partial charge is 0.337 e. The summed E-state index contributed by atoms with van der Waals surface area (Å²) in [4.78, 5) is 23.1. The maximum absolute atomic E-state index is 11.9. The van der Waals surface area contributed by atoms with Crippen LogP contribution in [-0.2, 0) is 4.79 Å². The fourth-order valence-corrected chi connectivity index (χ4v) is 1.96. The highest BCUT2D eigenvalue weighted by Crippen LogP contribution is 2.22. The number of carbonyl (C=O) groups excluding carboxylic acids is 1. The van der Waals surface area contributed by atoms with Gasteiger partial charge in [-0.15, -0.1) is 0 Å². The highest BCUT2D eigenvalue weighted by Gasteiger charge is 2.14. The van der Waals surface area contributed by atoms with Crippen molar-refractivity contribution in [3.8, 4) is 5.75 Å². The molecule has 0 spiro atoms. The molecule has 21 heavy (non-hydrogen) atoms. The Labute approximate surface area is 124 Å². The molecule has 0 aromatic heterocycles. The van der Waals surface area contributed by atoms with Gasteiger partial charge in [0.15, 0.2) is 0 Å². The van der Waals surface area contributed by atoms with Gasteiger partial charge in [-0.3, -0.25) is 4.79 Å². The molecule has 1 rings (SSSR count). The first-order chi connectivity index (χ1) is 9.97. The summed E-state index contributed by atoms with van der Waals surface area (Å²) in [7, 11) is 1.46. The Morgan fingerprint density at radius 2 is 2.10 bits per heavy atom. The van der Waals surface area contributed by atoms with Gasteiger partial charge in [0, 0.05) is 6.42 Å². The molecule has 6 heteroatoms. The van der Waals surface area contributed by atoms with Gasteiger partial charge in [-0.2, -0.15) is 0 Å². The lowest BCUT2D eigenvalue weighted by molar-refractivity contribution is -0.116. The minimum absolute atomic E-state index is 0.0118. The van der Waals surface area contributed by atoms with Crippen molar-refractivity contribution >= 4 is 17.6 Å². The molecule has 6 nitrogen and oxygen atoms in total. The number of nitrogens with one attached hydrogen (secondary N) is 1. The summed E-state index contributed by atoms with van der Waals surface area (Å²) >= 11 is 0. The van der Waals surface area contributed by atoms with Crippen LogP contribution in [0, 0.1) is 5.92 Å². The van der Waals surface area contributed by atoms with E-state index in [-0.39, 0.29) is 17.2 Å². The summed E-state index contributed by atoms with van der Waals surface area (Å²) in [5.74, 6) is -0.509. The van der Waals surface area contributed by atoms with Crippen LogP contribution in [0.25, 0.3) is 0 Å². The van der Waals surface area contributed by atoms with Crippen molar-refractivity contribution in [1.29, 1.82) is 0 Å². The Morgan fingerprint density at radius 3 is 2.67 bits per heavy atom. The topological polar surface area (TPSA) is 102 Å². The Hall–Kier alpha value is -2.08. The summed E-state index contributed by atoms with van der Waals surface area (Å²) in [5.41, 5.74) is 5.75. The summed E-state index contributed by atoms with van der Waals surface area (Å²) < 4.78 is 4.98. The molecular weight excluding hydrogens is 272 g/mol. The fourth-order valence-electron chi connectivity index (χ4n) is 1.96. The van der Waals surface area contributed by atoms with Gasteiger partial charge in [0.1, 0.15) is 5.75 Å². The lowest BCUT2D eigenvalue weighted by Gasteiger charge is -2.12.